The molecule has 2 rings (SSSR count). The van der Waals surface area contributed by atoms with Gasteiger partial charge in [-0.25, -0.2) is 0 Å². The Balaban J connectivity index is 2.21. The van der Waals surface area contributed by atoms with E-state index in [1.807, 2.05) is 63.3 Å². The lowest BCUT2D eigenvalue weighted by atomic mass is 9.84. The highest BCUT2D eigenvalue weighted by Crippen LogP contribution is 2.30. The maximum atomic E-state index is 9.74. The third-order valence-corrected chi connectivity index (χ3v) is 4.87. The number of nitriles is 1. The zero-order valence-electron chi connectivity index (χ0n) is 17.5. The second kappa shape index (κ2) is 10.2. The molecule has 0 saturated carbocycles. The Morgan fingerprint density at radius 3 is 2.79 bits per heavy atom. The van der Waals surface area contributed by atoms with Gasteiger partial charge in [-0.15, -0.1) is 0 Å². The molecular weight excluding hydrogens is 368 g/mol. The van der Waals surface area contributed by atoms with Crippen molar-refractivity contribution >= 4 is 5.84 Å². The molecule has 0 aromatic carbocycles. The number of nitrogens with one attached hydrogen (secondary N) is 2. The molecule has 2 unspecified atom stereocenters. The zero-order valence-corrected chi connectivity index (χ0v) is 17.5. The summed E-state index contributed by atoms with van der Waals surface area (Å²) in [7, 11) is 1.67. The van der Waals surface area contributed by atoms with Crippen molar-refractivity contribution in [3.05, 3.63) is 59.6 Å². The van der Waals surface area contributed by atoms with E-state index in [0.717, 1.165) is 11.3 Å². The van der Waals surface area contributed by atoms with Crippen LogP contribution in [0.2, 0.25) is 0 Å². The largest absolute Gasteiger partial charge is 0.394 e. The molecule has 0 amide bonds. The number of aliphatic hydroxyl groups excluding tert-OH is 1. The van der Waals surface area contributed by atoms with Gasteiger partial charge in [-0.05, 0) is 62.8 Å². The van der Waals surface area contributed by atoms with E-state index >= 15 is 0 Å². The number of hydrogen-bond acceptors (Lipinski definition) is 6. The van der Waals surface area contributed by atoms with Crippen LogP contribution in [0.4, 0.5) is 0 Å². The van der Waals surface area contributed by atoms with Crippen LogP contribution in [0, 0.1) is 16.7 Å². The van der Waals surface area contributed by atoms with Crippen LogP contribution >= 0.6 is 0 Å². The molecule has 7 nitrogen and oxygen atoms in total. The number of amidine groups is 1. The minimum atomic E-state index is -0.772. The first kappa shape index (κ1) is 22.6. The van der Waals surface area contributed by atoms with Crippen LogP contribution in [0.1, 0.15) is 20.8 Å². The molecule has 1 heterocycles. The van der Waals surface area contributed by atoms with Crippen molar-refractivity contribution in [2.24, 2.45) is 10.4 Å². The van der Waals surface area contributed by atoms with Crippen molar-refractivity contribution in [2.75, 3.05) is 33.5 Å². The summed E-state index contributed by atoms with van der Waals surface area (Å²) in [6.45, 7) is 6.90. The van der Waals surface area contributed by atoms with Gasteiger partial charge in [0, 0.05) is 12.8 Å². The van der Waals surface area contributed by atoms with Crippen LogP contribution in [-0.4, -0.2) is 50.0 Å². The van der Waals surface area contributed by atoms with Crippen LogP contribution in [0.3, 0.4) is 0 Å². The lowest BCUT2D eigenvalue weighted by Crippen LogP contribution is -2.30. The summed E-state index contributed by atoms with van der Waals surface area (Å²) in [5, 5.41) is 25.1. The van der Waals surface area contributed by atoms with Gasteiger partial charge >= 0.3 is 0 Å². The van der Waals surface area contributed by atoms with Gasteiger partial charge in [-0.2, -0.15) is 5.26 Å². The van der Waals surface area contributed by atoms with Crippen molar-refractivity contribution in [1.29, 1.82) is 5.26 Å². The monoisotopic (exact) mass is 398 g/mol. The van der Waals surface area contributed by atoms with Gasteiger partial charge in [0.05, 0.1) is 37.8 Å². The van der Waals surface area contributed by atoms with Gasteiger partial charge < -0.3 is 25.2 Å². The minimum absolute atomic E-state index is 0.00957. The third-order valence-electron chi connectivity index (χ3n) is 4.87. The quantitative estimate of drug-likeness (QED) is 0.543. The third kappa shape index (κ3) is 6.43. The fraction of sp³-hybridized carbons (Fsp3) is 0.455. The Morgan fingerprint density at radius 2 is 2.10 bits per heavy atom. The molecule has 2 atom stereocenters. The van der Waals surface area contributed by atoms with Crippen molar-refractivity contribution < 1.29 is 14.6 Å². The van der Waals surface area contributed by atoms with E-state index in [1.165, 1.54) is 0 Å². The SMILES string of the molecule is COC1(C)C=CC=C(NC2=CC(C)(C#N)C(C)=CC(=NCCOCCO)N2)C=C1. The summed E-state index contributed by atoms with van der Waals surface area (Å²) in [4.78, 5) is 4.52. The summed E-state index contributed by atoms with van der Waals surface area (Å²) in [6, 6.07) is 2.37. The normalized spacial score (nSPS) is 27.9. The van der Waals surface area contributed by atoms with Crippen LogP contribution in [0.5, 0.6) is 0 Å². The number of nitrogens with zero attached hydrogens (tertiary/aromatic N) is 2. The number of ether oxygens (including phenoxy) is 2. The average Bonchev–Trinajstić information content (AvgIpc) is 2.95. The average molecular weight is 399 g/mol. The Labute approximate surface area is 172 Å². The summed E-state index contributed by atoms with van der Waals surface area (Å²) in [5.41, 5.74) is 0.500. The van der Waals surface area contributed by atoms with Crippen molar-refractivity contribution in [2.45, 2.75) is 26.4 Å². The van der Waals surface area contributed by atoms with E-state index in [4.69, 9.17) is 14.6 Å². The second-order valence-electron chi connectivity index (χ2n) is 7.25. The van der Waals surface area contributed by atoms with Gasteiger partial charge in [0.1, 0.15) is 17.3 Å². The number of methoxy groups -OCH3 is 1. The number of hydrogen-bond donors (Lipinski definition) is 3. The molecule has 0 saturated heterocycles. The van der Waals surface area contributed by atoms with E-state index in [1.54, 1.807) is 7.11 Å². The van der Waals surface area contributed by atoms with Crippen LogP contribution in [0.15, 0.2) is 64.6 Å². The molecule has 0 bridgehead atoms. The Morgan fingerprint density at radius 1 is 1.31 bits per heavy atom. The highest BCUT2D eigenvalue weighted by molar-refractivity contribution is 5.95. The first-order valence-corrected chi connectivity index (χ1v) is 9.58. The zero-order chi connectivity index (χ0) is 21.3. The summed E-state index contributed by atoms with van der Waals surface area (Å²) in [6.07, 6.45) is 13.5. The van der Waals surface area contributed by atoms with E-state index in [2.05, 4.69) is 21.7 Å². The molecule has 7 heteroatoms. The molecular formula is C22H30N4O3. The number of rotatable bonds is 8. The molecule has 0 aromatic rings. The molecule has 0 aromatic heterocycles. The number of aliphatic hydroxyl groups is 1. The molecule has 3 N–H and O–H groups in total. The van der Waals surface area contributed by atoms with Gasteiger partial charge in [-0.3, -0.25) is 4.99 Å². The molecule has 0 spiro atoms. The van der Waals surface area contributed by atoms with Crippen molar-refractivity contribution in [3.63, 3.8) is 0 Å². The van der Waals surface area contributed by atoms with E-state index in [0.29, 0.717) is 31.4 Å². The Hall–Kier alpha value is -2.66. The molecule has 1 aliphatic heterocycles. The predicted octanol–water partition coefficient (Wildman–Crippen LogP) is 2.32. The van der Waals surface area contributed by atoms with Crippen LogP contribution in [-0.2, 0) is 9.47 Å². The lowest BCUT2D eigenvalue weighted by Gasteiger charge is -2.19. The summed E-state index contributed by atoms with van der Waals surface area (Å²) < 4.78 is 10.8. The maximum Gasteiger partial charge on any atom is 0.126 e. The molecule has 1 aliphatic carbocycles. The first-order chi connectivity index (χ1) is 13.8. The van der Waals surface area contributed by atoms with Gasteiger partial charge in [-0.1, -0.05) is 6.08 Å². The van der Waals surface area contributed by atoms with E-state index in [-0.39, 0.29) is 6.61 Å². The van der Waals surface area contributed by atoms with Crippen molar-refractivity contribution in [3.8, 4) is 6.07 Å². The Kier molecular flexibility index (Phi) is 7.97. The fourth-order valence-electron chi connectivity index (χ4n) is 2.72. The van der Waals surface area contributed by atoms with Crippen LogP contribution < -0.4 is 10.6 Å². The van der Waals surface area contributed by atoms with Crippen molar-refractivity contribution in [1.82, 2.24) is 10.6 Å². The Bertz CT molecular complexity index is 816. The number of allylic oxidation sites excluding steroid dienone is 5. The molecule has 2 aliphatic rings. The molecule has 0 radical (unpaired) electrons. The van der Waals surface area contributed by atoms with E-state index < -0.39 is 11.0 Å². The molecule has 0 fully saturated rings. The molecule has 29 heavy (non-hydrogen) atoms. The highest BCUT2D eigenvalue weighted by atomic mass is 16.5. The lowest BCUT2D eigenvalue weighted by molar-refractivity contribution is 0.0908. The second-order valence-corrected chi connectivity index (χ2v) is 7.25. The fourth-order valence-corrected chi connectivity index (χ4v) is 2.72. The smallest absolute Gasteiger partial charge is 0.126 e. The minimum Gasteiger partial charge on any atom is -0.394 e. The van der Waals surface area contributed by atoms with Gasteiger partial charge in [0.25, 0.3) is 0 Å². The standard InChI is InChI=1S/C22H30N4O3/c1-17-14-19(24-10-12-29-13-11-27)26-20(15-21(17,2)16-23)25-18-6-5-8-22(3,28-4)9-7-18/h5-9,14-15,25,27H,10-13H2,1-4H3,(H,24,26). The summed E-state index contributed by atoms with van der Waals surface area (Å²) in [5.74, 6) is 1.31. The topological polar surface area (TPSA) is 98.9 Å². The predicted molar refractivity (Wildman–Crippen MR) is 114 cm³/mol. The maximum absolute atomic E-state index is 9.74. The molecule has 156 valence electrons. The van der Waals surface area contributed by atoms with Gasteiger partial charge in [0.15, 0.2) is 0 Å². The highest BCUT2D eigenvalue weighted by Gasteiger charge is 2.28. The number of aliphatic imine (C=N–C) groups is 1. The summed E-state index contributed by atoms with van der Waals surface area (Å²) >= 11 is 0. The van der Waals surface area contributed by atoms with E-state index in [9.17, 15) is 5.26 Å². The van der Waals surface area contributed by atoms with Crippen LogP contribution in [0.25, 0.3) is 0 Å². The van der Waals surface area contributed by atoms with Gasteiger partial charge in [0.2, 0.25) is 0 Å². The first-order valence-electron chi connectivity index (χ1n) is 9.58.